The number of rotatable bonds is 8. The van der Waals surface area contributed by atoms with Crippen LogP contribution in [0.3, 0.4) is 0 Å². The van der Waals surface area contributed by atoms with E-state index in [1.807, 2.05) is 4.90 Å². The molecule has 52 heavy (non-hydrogen) atoms. The normalized spacial score (nSPS) is 13.8. The average molecular weight is 749 g/mol. The van der Waals surface area contributed by atoms with Gasteiger partial charge in [0.15, 0.2) is 0 Å². The summed E-state index contributed by atoms with van der Waals surface area (Å²) in [5, 5.41) is 4.03. The van der Waals surface area contributed by atoms with Crippen LogP contribution >= 0.6 is 11.6 Å². The van der Waals surface area contributed by atoms with Crippen molar-refractivity contribution >= 4 is 34.7 Å². The van der Waals surface area contributed by atoms with E-state index in [4.69, 9.17) is 25.8 Å². The number of aromatic nitrogens is 5. The minimum absolute atomic E-state index is 0.0502. The van der Waals surface area contributed by atoms with E-state index in [-0.39, 0.29) is 34.6 Å². The number of esters is 1. The van der Waals surface area contributed by atoms with E-state index < -0.39 is 40.9 Å². The van der Waals surface area contributed by atoms with Gasteiger partial charge < -0.3 is 19.1 Å². The van der Waals surface area contributed by atoms with Crippen LogP contribution in [0.4, 0.5) is 32.2 Å². The van der Waals surface area contributed by atoms with Crippen molar-refractivity contribution in [3.8, 4) is 17.0 Å². The zero-order valence-corrected chi connectivity index (χ0v) is 28.7. The van der Waals surface area contributed by atoms with Gasteiger partial charge in [0, 0.05) is 31.3 Å². The molecular weight excluding hydrogens is 718 g/mol. The number of benzene rings is 2. The zero-order chi connectivity index (χ0) is 37.6. The number of pyridine rings is 1. The predicted molar refractivity (Wildman–Crippen MR) is 179 cm³/mol. The Morgan fingerprint density at radius 3 is 2.33 bits per heavy atom. The number of alkyl halides is 3. The molecule has 4 heterocycles. The quantitative estimate of drug-likeness (QED) is 0.0515. The second-order valence-corrected chi connectivity index (χ2v) is 11.9. The molecule has 6 rings (SSSR count). The maximum absolute atomic E-state index is 14.5. The number of methoxy groups -OCH3 is 2. The molecule has 1 saturated heterocycles. The number of carbonyl (C=O) groups excluding carboxylic acids is 1. The lowest BCUT2D eigenvalue weighted by Crippen LogP contribution is -2.35. The molecule has 5 aromatic rings. The first-order valence-electron chi connectivity index (χ1n) is 15.7. The summed E-state index contributed by atoms with van der Waals surface area (Å²) in [4.78, 5) is 25.5. The van der Waals surface area contributed by atoms with Crippen molar-refractivity contribution in [1.82, 2.24) is 24.6 Å². The summed E-state index contributed by atoms with van der Waals surface area (Å²) in [5.41, 5.74) is -0.221. The van der Waals surface area contributed by atoms with Gasteiger partial charge in [-0.25, -0.2) is 22.9 Å². The third-order valence-corrected chi connectivity index (χ3v) is 8.31. The molecule has 17 heteroatoms. The highest BCUT2D eigenvalue weighted by Crippen LogP contribution is 2.40. The molecule has 0 bridgehead atoms. The second kappa shape index (κ2) is 16.3. The molecule has 274 valence electrons. The van der Waals surface area contributed by atoms with Gasteiger partial charge in [-0.3, -0.25) is 0 Å². The summed E-state index contributed by atoms with van der Waals surface area (Å²) in [6.07, 6.45) is -0.187. The molecular formula is C35H31ClF6N6O4. The topological polar surface area (TPSA) is 104 Å². The molecule has 1 aliphatic rings. The summed E-state index contributed by atoms with van der Waals surface area (Å²) in [6, 6.07) is 11.4. The molecule has 0 N–H and O–H groups in total. The molecule has 0 saturated carbocycles. The fourth-order valence-corrected chi connectivity index (χ4v) is 5.73. The zero-order valence-electron chi connectivity index (χ0n) is 27.9. The molecule has 2 aromatic carbocycles. The van der Waals surface area contributed by atoms with E-state index in [0.29, 0.717) is 48.1 Å². The molecule has 0 amide bonds. The molecule has 0 aliphatic carbocycles. The Bertz CT molecular complexity index is 2060. The first kappa shape index (κ1) is 37.9. The van der Waals surface area contributed by atoms with Crippen molar-refractivity contribution in [1.29, 1.82) is 0 Å². The molecule has 3 aromatic heterocycles. The van der Waals surface area contributed by atoms with E-state index in [0.717, 1.165) is 18.9 Å². The molecule has 0 radical (unpaired) electrons. The van der Waals surface area contributed by atoms with Gasteiger partial charge >= 0.3 is 12.1 Å². The lowest BCUT2D eigenvalue weighted by molar-refractivity contribution is -0.141. The molecule has 0 spiro atoms. The van der Waals surface area contributed by atoms with Crippen LogP contribution in [0.5, 0.6) is 5.88 Å². The monoisotopic (exact) mass is 748 g/mol. The lowest BCUT2D eigenvalue weighted by Gasteiger charge is -2.33. The number of fused-ring (bicyclic) bond motifs is 1. The summed E-state index contributed by atoms with van der Waals surface area (Å²) >= 11 is 6.29. The highest BCUT2D eigenvalue weighted by Gasteiger charge is 2.33. The highest BCUT2D eigenvalue weighted by atomic mass is 35.5. The molecule has 0 atom stereocenters. The van der Waals surface area contributed by atoms with Gasteiger partial charge in [0.25, 0.3) is 5.78 Å². The Kier molecular flexibility index (Phi) is 11.9. The number of piperidine rings is 1. The van der Waals surface area contributed by atoms with Crippen LogP contribution in [-0.2, 0) is 27.1 Å². The predicted octanol–water partition coefficient (Wildman–Crippen LogP) is 7.94. The van der Waals surface area contributed by atoms with Crippen LogP contribution in [0.15, 0.2) is 67.2 Å². The van der Waals surface area contributed by atoms with E-state index in [1.54, 1.807) is 24.3 Å². The third kappa shape index (κ3) is 8.55. The minimum Gasteiger partial charge on any atom is -0.503 e. The van der Waals surface area contributed by atoms with Crippen LogP contribution in [0.1, 0.15) is 36.6 Å². The summed E-state index contributed by atoms with van der Waals surface area (Å²) < 4.78 is 96.9. The number of hydrogen-bond acceptors (Lipinski definition) is 9. The van der Waals surface area contributed by atoms with Crippen LogP contribution in [0, 0.1) is 23.4 Å². The number of halogens is 7. The molecule has 1 aliphatic heterocycles. The number of hydrogen-bond donors (Lipinski definition) is 0. The van der Waals surface area contributed by atoms with Crippen molar-refractivity contribution in [3.63, 3.8) is 0 Å². The summed E-state index contributed by atoms with van der Waals surface area (Å²) in [6.45, 7) is 3.41. The molecule has 0 unspecified atom stereocenters. The minimum atomic E-state index is -4.56. The average Bonchev–Trinajstić information content (AvgIpc) is 3.58. The first-order valence-corrected chi connectivity index (χ1v) is 16.1. The van der Waals surface area contributed by atoms with Gasteiger partial charge in [-0.15, -0.1) is 0 Å². The highest BCUT2D eigenvalue weighted by molar-refractivity contribution is 6.33. The van der Waals surface area contributed by atoms with Crippen LogP contribution < -0.4 is 9.64 Å². The lowest BCUT2D eigenvalue weighted by atomic mass is 9.98. The van der Waals surface area contributed by atoms with E-state index >= 15 is 0 Å². The SMILES string of the molecule is CC1CCN(c2c(-c3c(F)cc(F)cc3F)c(Cl)nc3ncnn23)CC1.CO/C=C(/C(=O)OC)c1ccccc1COc1cccc(C(F)(F)F)n1. The Balaban J connectivity index is 0.000000201. The van der Waals surface area contributed by atoms with Crippen LogP contribution in [0.2, 0.25) is 5.15 Å². The van der Waals surface area contributed by atoms with Gasteiger partial charge in [0.2, 0.25) is 5.88 Å². The Morgan fingerprint density at radius 2 is 1.67 bits per heavy atom. The maximum atomic E-state index is 14.5. The third-order valence-electron chi connectivity index (χ3n) is 8.04. The Hall–Kier alpha value is -5.38. The van der Waals surface area contributed by atoms with Gasteiger partial charge in [-0.05, 0) is 36.0 Å². The Morgan fingerprint density at radius 1 is 0.981 bits per heavy atom. The van der Waals surface area contributed by atoms with Crippen molar-refractivity contribution in [2.75, 3.05) is 32.2 Å². The van der Waals surface area contributed by atoms with E-state index in [1.165, 1.54) is 43.5 Å². The van der Waals surface area contributed by atoms with Gasteiger partial charge in [-0.2, -0.15) is 32.8 Å². The summed E-state index contributed by atoms with van der Waals surface area (Å²) in [5.74, 6) is -2.68. The maximum Gasteiger partial charge on any atom is 0.433 e. The van der Waals surface area contributed by atoms with E-state index in [9.17, 15) is 31.1 Å². The largest absolute Gasteiger partial charge is 0.503 e. The van der Waals surface area contributed by atoms with Crippen molar-refractivity contribution in [2.45, 2.75) is 32.5 Å². The van der Waals surface area contributed by atoms with Crippen molar-refractivity contribution < 1.29 is 45.3 Å². The number of nitrogens with zero attached hydrogens (tertiary/aromatic N) is 6. The summed E-state index contributed by atoms with van der Waals surface area (Å²) in [7, 11) is 2.62. The van der Waals surface area contributed by atoms with Crippen LogP contribution in [0.25, 0.3) is 22.5 Å². The standard InChI is InChI=1S/C18H16F3NO4.C17H15ClF3N5/c1-24-11-14(17(23)25-2)13-7-4-3-6-12(13)10-26-16-9-5-8-15(22-16)18(19,20)21;1-9-2-4-25(5-3-9)16-14(13-11(20)6-10(19)7-12(13)21)15(18)24-17-22-8-23-26(16)17/h3-9,11H,10H2,1-2H3;6-9H,2-5H2,1H3/b14-11+;. The van der Waals surface area contributed by atoms with Crippen molar-refractivity contribution in [2.24, 2.45) is 5.92 Å². The number of carbonyl (C=O) groups is 1. The van der Waals surface area contributed by atoms with E-state index in [2.05, 4.69) is 27.0 Å². The van der Waals surface area contributed by atoms with Crippen molar-refractivity contribution in [3.05, 3.63) is 107 Å². The van der Waals surface area contributed by atoms with Gasteiger partial charge in [0.05, 0.1) is 31.6 Å². The van der Waals surface area contributed by atoms with Gasteiger partial charge in [-0.1, -0.05) is 48.9 Å². The number of ether oxygens (including phenoxy) is 3. The fraction of sp³-hybridized carbons (Fsp3) is 0.286. The smallest absolute Gasteiger partial charge is 0.433 e. The second-order valence-electron chi connectivity index (χ2n) is 11.6. The van der Waals surface area contributed by atoms with Gasteiger partial charge in [0.1, 0.15) is 52.6 Å². The number of anilines is 1. The van der Waals surface area contributed by atoms with Crippen LogP contribution in [-0.4, -0.2) is 57.8 Å². The Labute approximate surface area is 298 Å². The fourth-order valence-electron chi connectivity index (χ4n) is 5.47. The molecule has 10 nitrogen and oxygen atoms in total. The first-order chi connectivity index (χ1) is 24.8. The molecule has 1 fully saturated rings.